The number of thioether (sulfide) groups is 1. The topological polar surface area (TPSA) is 40.6 Å². The van der Waals surface area contributed by atoms with Crippen LogP contribution >= 0.6 is 11.8 Å². The van der Waals surface area contributed by atoms with E-state index in [0.29, 0.717) is 18.2 Å². The van der Waals surface area contributed by atoms with E-state index in [1.807, 2.05) is 31.1 Å². The largest absolute Gasteiger partial charge is 0.490 e. The summed E-state index contributed by atoms with van der Waals surface area (Å²) >= 11 is 1.63. The van der Waals surface area contributed by atoms with E-state index < -0.39 is 0 Å². The first-order valence-corrected chi connectivity index (χ1v) is 7.44. The maximum absolute atomic E-state index is 9.12. The van der Waals surface area contributed by atoms with Crippen LogP contribution < -0.4 is 9.64 Å². The van der Waals surface area contributed by atoms with Gasteiger partial charge < -0.3 is 9.64 Å². The number of hydrogen-bond acceptors (Lipinski definition) is 4. The van der Waals surface area contributed by atoms with Gasteiger partial charge in [-0.3, -0.25) is 0 Å². The number of benzene rings is 1. The highest BCUT2D eigenvalue weighted by Crippen LogP contribution is 2.44. The predicted molar refractivity (Wildman–Crippen MR) is 82.2 cm³/mol. The molecule has 0 aliphatic heterocycles. The molecular weight excluding hydrogens is 258 g/mol. The van der Waals surface area contributed by atoms with Gasteiger partial charge in [-0.15, -0.1) is 11.8 Å². The second-order valence-corrected chi connectivity index (χ2v) is 6.17. The zero-order valence-corrected chi connectivity index (χ0v) is 13.1. The van der Waals surface area contributed by atoms with Crippen molar-refractivity contribution in [2.75, 3.05) is 31.4 Å². The standard InChI is InChI=1S/C14H22N3OS/c1-6-19-14-11(16-15)7-8-12(17(4)5)13(14)18-9-10(2)3/h7-8,10H,6,9H2,1-5H3/q+1. The van der Waals surface area contributed by atoms with E-state index in [4.69, 9.17) is 10.1 Å². The maximum atomic E-state index is 9.12. The van der Waals surface area contributed by atoms with Gasteiger partial charge in [0, 0.05) is 20.2 Å². The van der Waals surface area contributed by atoms with Crippen molar-refractivity contribution in [3.05, 3.63) is 17.1 Å². The molecule has 0 N–H and O–H groups in total. The Morgan fingerprint density at radius 2 is 2.05 bits per heavy atom. The molecule has 104 valence electrons. The lowest BCUT2D eigenvalue weighted by atomic mass is 10.2. The SMILES string of the molecule is CCSc1c([N+]#N)ccc(N(C)C)c1OCC(C)C. The van der Waals surface area contributed by atoms with Crippen LogP contribution in [0, 0.1) is 11.3 Å². The van der Waals surface area contributed by atoms with Gasteiger partial charge in [-0.1, -0.05) is 20.8 Å². The molecule has 0 aliphatic rings. The van der Waals surface area contributed by atoms with Crippen molar-refractivity contribution < 1.29 is 4.74 Å². The third-order valence-electron chi connectivity index (χ3n) is 2.51. The van der Waals surface area contributed by atoms with Gasteiger partial charge in [0.05, 0.1) is 12.3 Å². The van der Waals surface area contributed by atoms with E-state index in [2.05, 4.69) is 25.7 Å². The van der Waals surface area contributed by atoms with Crippen molar-refractivity contribution in [1.29, 1.82) is 5.39 Å². The zero-order chi connectivity index (χ0) is 14.4. The first-order valence-electron chi connectivity index (χ1n) is 6.46. The number of ether oxygens (including phenoxy) is 1. The molecule has 0 aliphatic carbocycles. The van der Waals surface area contributed by atoms with Gasteiger partial charge in [-0.25, -0.2) is 0 Å². The molecule has 5 heteroatoms. The smallest absolute Gasteiger partial charge is 0.402 e. The Morgan fingerprint density at radius 1 is 1.37 bits per heavy atom. The Bertz CT molecular complexity index is 466. The highest BCUT2D eigenvalue weighted by atomic mass is 32.2. The summed E-state index contributed by atoms with van der Waals surface area (Å²) in [6.45, 7) is 6.94. The minimum absolute atomic E-state index is 0.448. The molecule has 0 atom stereocenters. The van der Waals surface area contributed by atoms with Crippen LogP contribution in [0.3, 0.4) is 0 Å². The van der Waals surface area contributed by atoms with Gasteiger partial charge in [0.1, 0.15) is 4.90 Å². The molecule has 0 fully saturated rings. The van der Waals surface area contributed by atoms with Crippen molar-refractivity contribution in [3.8, 4) is 5.75 Å². The lowest BCUT2D eigenvalue weighted by Crippen LogP contribution is -2.13. The number of hydrogen-bond donors (Lipinski definition) is 0. The van der Waals surface area contributed by atoms with E-state index in [-0.39, 0.29) is 0 Å². The zero-order valence-electron chi connectivity index (χ0n) is 12.3. The maximum Gasteiger partial charge on any atom is 0.402 e. The molecular formula is C14H22N3OS+. The van der Waals surface area contributed by atoms with E-state index in [1.165, 1.54) is 0 Å². The first-order chi connectivity index (χ1) is 9.01. The van der Waals surface area contributed by atoms with Gasteiger partial charge in [-0.2, -0.15) is 0 Å². The molecule has 0 unspecified atom stereocenters. The Balaban J connectivity index is 3.27. The van der Waals surface area contributed by atoms with Crippen LogP contribution in [0.25, 0.3) is 4.98 Å². The van der Waals surface area contributed by atoms with Crippen LogP contribution in [0.5, 0.6) is 5.75 Å². The molecule has 0 radical (unpaired) electrons. The molecule has 0 saturated carbocycles. The summed E-state index contributed by atoms with van der Waals surface area (Å²) in [4.78, 5) is 6.27. The Morgan fingerprint density at radius 3 is 2.53 bits per heavy atom. The second-order valence-electron chi connectivity index (χ2n) is 4.89. The average Bonchev–Trinajstić information content (AvgIpc) is 2.36. The van der Waals surface area contributed by atoms with E-state index in [0.717, 1.165) is 22.1 Å². The Labute approximate surface area is 119 Å². The minimum atomic E-state index is 0.448. The molecule has 1 rings (SSSR count). The van der Waals surface area contributed by atoms with Gasteiger partial charge in [0.15, 0.2) is 10.7 Å². The van der Waals surface area contributed by atoms with E-state index in [9.17, 15) is 0 Å². The monoisotopic (exact) mass is 280 g/mol. The van der Waals surface area contributed by atoms with Gasteiger partial charge in [-0.05, 0) is 17.7 Å². The van der Waals surface area contributed by atoms with Crippen LogP contribution in [0.4, 0.5) is 11.4 Å². The molecule has 0 saturated heterocycles. The molecule has 0 spiro atoms. The molecule has 0 amide bonds. The van der Waals surface area contributed by atoms with Crippen molar-refractivity contribution in [2.24, 2.45) is 5.92 Å². The van der Waals surface area contributed by atoms with Crippen LogP contribution in [0.1, 0.15) is 20.8 Å². The number of diazo groups is 1. The number of anilines is 1. The molecule has 1 aromatic carbocycles. The lowest BCUT2D eigenvalue weighted by Gasteiger charge is -2.20. The molecule has 0 aromatic heterocycles. The fraction of sp³-hybridized carbons (Fsp3) is 0.571. The fourth-order valence-corrected chi connectivity index (χ4v) is 2.49. The molecule has 0 heterocycles. The Kier molecular flexibility index (Phi) is 5.97. The lowest BCUT2D eigenvalue weighted by molar-refractivity contribution is 0.266. The average molecular weight is 280 g/mol. The third-order valence-corrected chi connectivity index (χ3v) is 3.48. The van der Waals surface area contributed by atoms with Crippen molar-refractivity contribution >= 4 is 23.1 Å². The van der Waals surface area contributed by atoms with Crippen LogP contribution in [-0.2, 0) is 0 Å². The highest BCUT2D eigenvalue weighted by molar-refractivity contribution is 7.99. The van der Waals surface area contributed by atoms with Gasteiger partial charge >= 0.3 is 5.69 Å². The summed E-state index contributed by atoms with van der Waals surface area (Å²) in [6.07, 6.45) is 0. The first kappa shape index (κ1) is 15.6. The predicted octanol–water partition coefficient (Wildman–Crippen LogP) is 4.38. The van der Waals surface area contributed by atoms with E-state index >= 15 is 0 Å². The summed E-state index contributed by atoms with van der Waals surface area (Å²) in [5.41, 5.74) is 1.57. The summed E-state index contributed by atoms with van der Waals surface area (Å²) < 4.78 is 5.95. The fourth-order valence-electron chi connectivity index (χ4n) is 1.65. The molecule has 0 bridgehead atoms. The second kappa shape index (κ2) is 7.25. The Hall–Kier alpha value is -1.41. The van der Waals surface area contributed by atoms with Crippen LogP contribution in [0.2, 0.25) is 0 Å². The molecule has 4 nitrogen and oxygen atoms in total. The number of nitrogens with zero attached hydrogens (tertiary/aromatic N) is 3. The van der Waals surface area contributed by atoms with Gasteiger partial charge in [0.25, 0.3) is 0 Å². The normalized spacial score (nSPS) is 10.4. The van der Waals surface area contributed by atoms with Crippen molar-refractivity contribution in [3.63, 3.8) is 0 Å². The summed E-state index contributed by atoms with van der Waals surface area (Å²) in [6, 6.07) is 3.74. The van der Waals surface area contributed by atoms with Gasteiger partial charge in [0.2, 0.25) is 5.39 Å². The third kappa shape index (κ3) is 4.03. The van der Waals surface area contributed by atoms with E-state index in [1.54, 1.807) is 11.8 Å². The summed E-state index contributed by atoms with van der Waals surface area (Å²) in [5, 5.41) is 9.12. The van der Waals surface area contributed by atoms with Crippen LogP contribution in [-0.4, -0.2) is 26.5 Å². The quantitative estimate of drug-likeness (QED) is 0.572. The summed E-state index contributed by atoms with van der Waals surface area (Å²) in [7, 11) is 3.96. The highest BCUT2D eigenvalue weighted by Gasteiger charge is 2.23. The summed E-state index contributed by atoms with van der Waals surface area (Å²) in [5.74, 6) is 2.15. The van der Waals surface area contributed by atoms with Crippen molar-refractivity contribution in [1.82, 2.24) is 0 Å². The molecule has 1 aromatic rings. The molecule has 19 heavy (non-hydrogen) atoms. The van der Waals surface area contributed by atoms with Crippen molar-refractivity contribution in [2.45, 2.75) is 25.7 Å². The van der Waals surface area contributed by atoms with Crippen LogP contribution in [0.15, 0.2) is 17.0 Å². The number of rotatable bonds is 6. The minimum Gasteiger partial charge on any atom is -0.490 e.